The van der Waals surface area contributed by atoms with Crippen LogP contribution in [0.15, 0.2) is 18.2 Å². The van der Waals surface area contributed by atoms with Crippen molar-refractivity contribution in [3.05, 3.63) is 29.6 Å². The molecule has 1 fully saturated rings. The number of esters is 1. The zero-order chi connectivity index (χ0) is 13.0. The van der Waals surface area contributed by atoms with Crippen molar-refractivity contribution in [2.45, 2.75) is 25.4 Å². The van der Waals surface area contributed by atoms with Crippen LogP contribution in [0.25, 0.3) is 0 Å². The van der Waals surface area contributed by atoms with Crippen LogP contribution in [0, 0.1) is 5.82 Å². The molecule has 18 heavy (non-hydrogen) atoms. The van der Waals surface area contributed by atoms with Gasteiger partial charge in [-0.25, -0.2) is 9.18 Å². The van der Waals surface area contributed by atoms with Gasteiger partial charge in [-0.3, -0.25) is 0 Å². The number of carbonyl (C=O) groups is 1. The Bertz CT molecular complexity index is 430. The molecule has 1 aliphatic rings. The molecule has 0 bridgehead atoms. The molecule has 1 heterocycles. The van der Waals surface area contributed by atoms with Crippen LogP contribution in [-0.2, 0) is 9.47 Å². The van der Waals surface area contributed by atoms with Gasteiger partial charge < -0.3 is 15.2 Å². The largest absolute Gasteiger partial charge is 0.459 e. The van der Waals surface area contributed by atoms with E-state index in [0.29, 0.717) is 6.61 Å². The van der Waals surface area contributed by atoms with Gasteiger partial charge in [0, 0.05) is 6.61 Å². The smallest absolute Gasteiger partial charge is 0.340 e. The molecule has 0 spiro atoms. The minimum atomic E-state index is -0.613. The summed E-state index contributed by atoms with van der Waals surface area (Å²) in [6.45, 7) is 0.888. The SMILES string of the molecule is Nc1c(F)cccc1C(=O)OCC1CCCCO1. The van der Waals surface area contributed by atoms with Gasteiger partial charge in [0.1, 0.15) is 12.4 Å². The molecule has 1 aliphatic heterocycles. The summed E-state index contributed by atoms with van der Waals surface area (Å²) in [6.07, 6.45) is 2.94. The van der Waals surface area contributed by atoms with E-state index in [1.807, 2.05) is 0 Å². The molecule has 5 heteroatoms. The summed E-state index contributed by atoms with van der Waals surface area (Å²) >= 11 is 0. The van der Waals surface area contributed by atoms with Gasteiger partial charge in [-0.1, -0.05) is 6.07 Å². The van der Waals surface area contributed by atoms with Crippen LogP contribution in [0.5, 0.6) is 0 Å². The van der Waals surface area contributed by atoms with Gasteiger partial charge in [-0.05, 0) is 31.4 Å². The summed E-state index contributed by atoms with van der Waals surface area (Å²) in [5.74, 6) is -1.22. The second-order valence-corrected chi connectivity index (χ2v) is 4.29. The molecule has 0 aromatic heterocycles. The summed E-state index contributed by atoms with van der Waals surface area (Å²) in [6, 6.07) is 4.08. The molecule has 0 aliphatic carbocycles. The van der Waals surface area contributed by atoms with Crippen LogP contribution in [0.1, 0.15) is 29.6 Å². The lowest BCUT2D eigenvalue weighted by Gasteiger charge is -2.22. The van der Waals surface area contributed by atoms with Crippen molar-refractivity contribution in [1.29, 1.82) is 0 Å². The van der Waals surface area contributed by atoms with Crippen molar-refractivity contribution in [1.82, 2.24) is 0 Å². The van der Waals surface area contributed by atoms with E-state index in [1.165, 1.54) is 18.2 Å². The van der Waals surface area contributed by atoms with E-state index in [0.717, 1.165) is 19.3 Å². The molecule has 2 rings (SSSR count). The first-order chi connectivity index (χ1) is 8.68. The normalized spacial score (nSPS) is 19.5. The standard InChI is InChI=1S/C13H16FNO3/c14-11-6-3-5-10(12(11)15)13(16)18-8-9-4-1-2-7-17-9/h3,5-6,9H,1-2,4,7-8,15H2. The first-order valence-corrected chi connectivity index (χ1v) is 6.01. The van der Waals surface area contributed by atoms with Crippen molar-refractivity contribution in [2.24, 2.45) is 0 Å². The second kappa shape index (κ2) is 5.82. The maximum Gasteiger partial charge on any atom is 0.340 e. The molecule has 0 saturated carbocycles. The van der Waals surface area contributed by atoms with E-state index < -0.39 is 11.8 Å². The van der Waals surface area contributed by atoms with Crippen molar-refractivity contribution in [3.63, 3.8) is 0 Å². The minimum absolute atomic E-state index is 0.0579. The number of anilines is 1. The lowest BCUT2D eigenvalue weighted by atomic mass is 10.1. The minimum Gasteiger partial charge on any atom is -0.459 e. The molecule has 98 valence electrons. The Balaban J connectivity index is 1.93. The molecular weight excluding hydrogens is 237 g/mol. The van der Waals surface area contributed by atoms with Gasteiger partial charge in [0.15, 0.2) is 0 Å². The van der Waals surface area contributed by atoms with Crippen molar-refractivity contribution in [3.8, 4) is 0 Å². The fraction of sp³-hybridized carbons (Fsp3) is 0.462. The van der Waals surface area contributed by atoms with E-state index in [4.69, 9.17) is 15.2 Å². The summed E-state index contributed by atoms with van der Waals surface area (Å²) in [4.78, 5) is 11.7. The Morgan fingerprint density at radius 2 is 2.33 bits per heavy atom. The van der Waals surface area contributed by atoms with Crippen molar-refractivity contribution in [2.75, 3.05) is 18.9 Å². The van der Waals surface area contributed by atoms with Gasteiger partial charge >= 0.3 is 5.97 Å². The fourth-order valence-corrected chi connectivity index (χ4v) is 1.90. The first-order valence-electron chi connectivity index (χ1n) is 6.01. The summed E-state index contributed by atoms with van der Waals surface area (Å²) in [5, 5.41) is 0. The van der Waals surface area contributed by atoms with Gasteiger partial charge in [0.25, 0.3) is 0 Å². The summed E-state index contributed by atoms with van der Waals surface area (Å²) in [7, 11) is 0. The van der Waals surface area contributed by atoms with Gasteiger partial charge in [0.05, 0.1) is 17.4 Å². The average Bonchev–Trinajstić information content (AvgIpc) is 2.40. The van der Waals surface area contributed by atoms with E-state index >= 15 is 0 Å². The average molecular weight is 253 g/mol. The monoisotopic (exact) mass is 253 g/mol. The van der Waals surface area contributed by atoms with Crippen LogP contribution in [0.2, 0.25) is 0 Å². The van der Waals surface area contributed by atoms with Crippen LogP contribution in [0.3, 0.4) is 0 Å². The van der Waals surface area contributed by atoms with Gasteiger partial charge in [-0.15, -0.1) is 0 Å². The number of rotatable bonds is 3. The second-order valence-electron chi connectivity index (χ2n) is 4.29. The number of hydrogen-bond donors (Lipinski definition) is 1. The Kier molecular flexibility index (Phi) is 4.15. The summed E-state index contributed by atoms with van der Waals surface area (Å²) in [5.41, 5.74) is 5.37. The third kappa shape index (κ3) is 2.98. The van der Waals surface area contributed by atoms with E-state index in [-0.39, 0.29) is 24.0 Å². The number of ether oxygens (including phenoxy) is 2. The van der Waals surface area contributed by atoms with Crippen LogP contribution in [0.4, 0.5) is 10.1 Å². The topological polar surface area (TPSA) is 61.6 Å². The molecule has 2 N–H and O–H groups in total. The predicted molar refractivity (Wildman–Crippen MR) is 64.7 cm³/mol. The number of nitrogens with two attached hydrogens (primary N) is 1. The maximum atomic E-state index is 13.2. The highest BCUT2D eigenvalue weighted by Crippen LogP contribution is 2.18. The third-order valence-corrected chi connectivity index (χ3v) is 2.95. The van der Waals surface area contributed by atoms with Crippen LogP contribution < -0.4 is 5.73 Å². The summed E-state index contributed by atoms with van der Waals surface area (Å²) < 4.78 is 23.7. The van der Waals surface area contributed by atoms with Crippen LogP contribution >= 0.6 is 0 Å². The highest BCUT2D eigenvalue weighted by Gasteiger charge is 2.18. The third-order valence-electron chi connectivity index (χ3n) is 2.95. The molecule has 1 unspecified atom stereocenters. The predicted octanol–water partition coefficient (Wildman–Crippen LogP) is 2.13. The highest BCUT2D eigenvalue weighted by atomic mass is 19.1. The molecule has 1 saturated heterocycles. The number of para-hydroxylation sites is 1. The van der Waals surface area contributed by atoms with E-state index in [9.17, 15) is 9.18 Å². The Hall–Kier alpha value is -1.62. The van der Waals surface area contributed by atoms with Crippen LogP contribution in [-0.4, -0.2) is 25.3 Å². The molecule has 1 aromatic carbocycles. The van der Waals surface area contributed by atoms with Crippen molar-refractivity contribution < 1.29 is 18.7 Å². The number of benzene rings is 1. The molecular formula is C13H16FNO3. The van der Waals surface area contributed by atoms with Crippen molar-refractivity contribution >= 4 is 11.7 Å². The Morgan fingerprint density at radius 3 is 3.06 bits per heavy atom. The van der Waals surface area contributed by atoms with Gasteiger partial charge in [-0.2, -0.15) is 0 Å². The fourth-order valence-electron chi connectivity index (χ4n) is 1.90. The van der Waals surface area contributed by atoms with E-state index in [1.54, 1.807) is 0 Å². The number of carbonyl (C=O) groups excluding carboxylic acids is 1. The zero-order valence-electron chi connectivity index (χ0n) is 10.0. The lowest BCUT2D eigenvalue weighted by molar-refractivity contribution is -0.0300. The molecule has 1 atom stereocenters. The molecule has 4 nitrogen and oxygen atoms in total. The first kappa shape index (κ1) is 12.8. The lowest BCUT2D eigenvalue weighted by Crippen LogP contribution is -2.26. The van der Waals surface area contributed by atoms with Gasteiger partial charge in [0.2, 0.25) is 0 Å². The number of nitrogen functional groups attached to an aromatic ring is 1. The van der Waals surface area contributed by atoms with E-state index in [2.05, 4.69) is 0 Å². The molecule has 1 aromatic rings. The maximum absolute atomic E-state index is 13.2. The Morgan fingerprint density at radius 1 is 1.50 bits per heavy atom. The molecule has 0 amide bonds. The Labute approximate surface area is 105 Å². The molecule has 0 radical (unpaired) electrons. The number of halogens is 1. The number of hydrogen-bond acceptors (Lipinski definition) is 4. The zero-order valence-corrected chi connectivity index (χ0v) is 10.0. The quantitative estimate of drug-likeness (QED) is 0.662. The highest BCUT2D eigenvalue weighted by molar-refractivity contribution is 5.95.